The van der Waals surface area contributed by atoms with Crippen molar-refractivity contribution >= 4 is 59.0 Å². The van der Waals surface area contributed by atoms with Gasteiger partial charge >= 0.3 is 0 Å². The summed E-state index contributed by atoms with van der Waals surface area (Å²) in [5.41, 5.74) is 6.75. The van der Waals surface area contributed by atoms with Crippen LogP contribution in [0.3, 0.4) is 0 Å². The van der Waals surface area contributed by atoms with E-state index in [2.05, 4.69) is 10.6 Å². The first-order chi connectivity index (χ1) is 11.5. The Kier molecular flexibility index (Phi) is 8.85. The van der Waals surface area contributed by atoms with Crippen LogP contribution in [0.4, 0.5) is 11.4 Å². The molecule has 1 atom stereocenters. The molecular weight excluding hydrogens is 385 g/mol. The molecule has 4 N–H and O–H groups in total. The first kappa shape index (κ1) is 21.4. The number of rotatable bonds is 7. The molecule has 1 heterocycles. The first-order valence-corrected chi connectivity index (χ1v) is 8.98. The summed E-state index contributed by atoms with van der Waals surface area (Å²) in [6, 6.07) is 7.39. The van der Waals surface area contributed by atoms with Crippen molar-refractivity contribution in [3.63, 3.8) is 0 Å². The van der Waals surface area contributed by atoms with Crippen LogP contribution >= 0.6 is 35.8 Å². The van der Waals surface area contributed by atoms with Crippen LogP contribution in [-0.4, -0.2) is 29.9 Å². The van der Waals surface area contributed by atoms with Gasteiger partial charge in [-0.1, -0.05) is 11.6 Å². The Hall–Kier alpha value is -1.67. The predicted molar refractivity (Wildman–Crippen MR) is 105 cm³/mol. The summed E-state index contributed by atoms with van der Waals surface area (Å²) in [7, 11) is 0. The lowest BCUT2D eigenvalue weighted by Crippen LogP contribution is -2.36. The Morgan fingerprint density at radius 1 is 1.32 bits per heavy atom. The van der Waals surface area contributed by atoms with E-state index in [0.717, 1.165) is 5.75 Å². The second kappa shape index (κ2) is 10.4. The van der Waals surface area contributed by atoms with Gasteiger partial charge in [0, 0.05) is 5.69 Å². The highest BCUT2D eigenvalue weighted by molar-refractivity contribution is 7.98. The first-order valence-electron chi connectivity index (χ1n) is 7.21. The van der Waals surface area contributed by atoms with E-state index in [1.165, 1.54) is 6.26 Å². The van der Waals surface area contributed by atoms with E-state index >= 15 is 0 Å². The van der Waals surface area contributed by atoms with Crippen molar-refractivity contribution in [2.45, 2.75) is 12.5 Å². The van der Waals surface area contributed by atoms with Crippen molar-refractivity contribution in [1.29, 1.82) is 0 Å². The van der Waals surface area contributed by atoms with Crippen LogP contribution < -0.4 is 16.4 Å². The van der Waals surface area contributed by atoms with E-state index in [4.69, 9.17) is 21.8 Å². The van der Waals surface area contributed by atoms with E-state index in [1.807, 2.05) is 6.26 Å². The van der Waals surface area contributed by atoms with Gasteiger partial charge < -0.3 is 20.8 Å². The molecule has 1 aromatic heterocycles. The molecular formula is C16H19Cl2N3O3S. The molecule has 2 amide bonds. The van der Waals surface area contributed by atoms with Crippen molar-refractivity contribution in [2.24, 2.45) is 5.73 Å². The lowest BCUT2D eigenvalue weighted by Gasteiger charge is -2.13. The van der Waals surface area contributed by atoms with Crippen molar-refractivity contribution in [3.05, 3.63) is 47.4 Å². The summed E-state index contributed by atoms with van der Waals surface area (Å²) < 4.78 is 5.01. The molecule has 0 unspecified atom stereocenters. The third kappa shape index (κ3) is 6.28. The molecule has 0 spiro atoms. The summed E-state index contributed by atoms with van der Waals surface area (Å²) in [5.74, 6) is 0.320. The van der Waals surface area contributed by atoms with Gasteiger partial charge in [-0.25, -0.2) is 0 Å². The molecule has 0 radical (unpaired) electrons. The fourth-order valence-electron chi connectivity index (χ4n) is 1.90. The van der Waals surface area contributed by atoms with Gasteiger partial charge in [-0.15, -0.1) is 12.4 Å². The summed E-state index contributed by atoms with van der Waals surface area (Å²) in [5, 5.41) is 5.65. The highest BCUT2D eigenvalue weighted by Gasteiger charge is 2.15. The molecule has 0 saturated heterocycles. The van der Waals surface area contributed by atoms with Gasteiger partial charge in [-0.2, -0.15) is 11.8 Å². The molecule has 0 saturated carbocycles. The number of hydrogen-bond donors (Lipinski definition) is 3. The molecule has 0 bridgehead atoms. The van der Waals surface area contributed by atoms with E-state index in [-0.39, 0.29) is 24.1 Å². The number of nitrogens with two attached hydrogens (primary N) is 1. The molecule has 2 rings (SSSR count). The van der Waals surface area contributed by atoms with Crippen LogP contribution in [0.2, 0.25) is 5.02 Å². The van der Waals surface area contributed by atoms with Crippen LogP contribution in [0.15, 0.2) is 41.0 Å². The fraction of sp³-hybridized carbons (Fsp3) is 0.250. The minimum absolute atomic E-state index is 0. The van der Waals surface area contributed by atoms with Crippen molar-refractivity contribution in [3.8, 4) is 0 Å². The lowest BCUT2D eigenvalue weighted by molar-refractivity contribution is -0.117. The van der Waals surface area contributed by atoms with Crippen molar-refractivity contribution < 1.29 is 14.0 Å². The maximum atomic E-state index is 12.0. The van der Waals surface area contributed by atoms with Crippen LogP contribution in [0, 0.1) is 0 Å². The van der Waals surface area contributed by atoms with E-state index in [0.29, 0.717) is 22.8 Å². The largest absolute Gasteiger partial charge is 0.459 e. The molecule has 0 aliphatic heterocycles. The highest BCUT2D eigenvalue weighted by Crippen LogP contribution is 2.26. The molecule has 6 nitrogen and oxygen atoms in total. The van der Waals surface area contributed by atoms with Gasteiger partial charge in [-0.05, 0) is 48.8 Å². The second-order valence-corrected chi connectivity index (χ2v) is 6.40. The zero-order chi connectivity index (χ0) is 17.5. The Balaban J connectivity index is 0.00000312. The highest BCUT2D eigenvalue weighted by atomic mass is 35.5. The van der Waals surface area contributed by atoms with Gasteiger partial charge in [-0.3, -0.25) is 9.59 Å². The standard InChI is InChI=1S/C16H18ClN3O3S.ClH/c1-24-8-6-12(18)15(21)19-10-4-5-13(11(17)9-10)20-16(22)14-3-2-7-23-14;/h2-5,7,9,12H,6,8,18H2,1H3,(H,19,21)(H,20,22);1H/t12-;/m0./s1. The number of carbonyl (C=O) groups excluding carboxylic acids is 2. The quantitative estimate of drug-likeness (QED) is 0.655. The zero-order valence-electron chi connectivity index (χ0n) is 13.5. The second-order valence-electron chi connectivity index (χ2n) is 5.00. The Morgan fingerprint density at radius 2 is 2.08 bits per heavy atom. The van der Waals surface area contributed by atoms with Crippen LogP contribution in [0.5, 0.6) is 0 Å². The van der Waals surface area contributed by atoms with E-state index in [9.17, 15) is 9.59 Å². The topological polar surface area (TPSA) is 97.4 Å². The average molecular weight is 404 g/mol. The van der Waals surface area contributed by atoms with E-state index < -0.39 is 11.9 Å². The normalized spacial score (nSPS) is 11.3. The summed E-state index contributed by atoms with van der Waals surface area (Å²) in [6.45, 7) is 0. The molecule has 136 valence electrons. The van der Waals surface area contributed by atoms with Gasteiger partial charge in [0.05, 0.1) is 23.0 Å². The monoisotopic (exact) mass is 403 g/mol. The number of furan rings is 1. The number of halogens is 2. The molecule has 0 aliphatic rings. The molecule has 25 heavy (non-hydrogen) atoms. The molecule has 2 aromatic rings. The number of thioether (sulfide) groups is 1. The summed E-state index contributed by atoms with van der Waals surface area (Å²) >= 11 is 7.78. The predicted octanol–water partition coefficient (Wildman–Crippen LogP) is 3.63. The lowest BCUT2D eigenvalue weighted by atomic mass is 10.2. The maximum Gasteiger partial charge on any atom is 0.291 e. The number of nitrogens with one attached hydrogen (secondary N) is 2. The number of anilines is 2. The van der Waals surface area contributed by atoms with Crippen molar-refractivity contribution in [2.75, 3.05) is 22.6 Å². The smallest absolute Gasteiger partial charge is 0.291 e. The molecule has 0 fully saturated rings. The average Bonchev–Trinajstić information content (AvgIpc) is 3.09. The van der Waals surface area contributed by atoms with E-state index in [1.54, 1.807) is 42.1 Å². The minimum atomic E-state index is -0.574. The zero-order valence-corrected chi connectivity index (χ0v) is 15.8. The SMILES string of the molecule is CSCC[C@H](N)C(=O)Nc1ccc(NC(=O)c2ccco2)c(Cl)c1.Cl. The molecule has 9 heteroatoms. The Labute approximate surface area is 161 Å². The van der Waals surface area contributed by atoms with Gasteiger partial charge in [0.1, 0.15) is 0 Å². The van der Waals surface area contributed by atoms with Crippen molar-refractivity contribution in [1.82, 2.24) is 0 Å². The maximum absolute atomic E-state index is 12.0. The van der Waals surface area contributed by atoms with Gasteiger partial charge in [0.15, 0.2) is 5.76 Å². The number of hydrogen-bond acceptors (Lipinski definition) is 5. The third-order valence-electron chi connectivity index (χ3n) is 3.20. The number of benzene rings is 1. The fourth-order valence-corrected chi connectivity index (χ4v) is 2.61. The summed E-state index contributed by atoms with van der Waals surface area (Å²) in [6.07, 6.45) is 3.97. The number of carbonyl (C=O) groups is 2. The Bertz CT molecular complexity index is 711. The Morgan fingerprint density at radius 3 is 2.68 bits per heavy atom. The molecule has 1 aromatic carbocycles. The molecule has 0 aliphatic carbocycles. The summed E-state index contributed by atoms with van der Waals surface area (Å²) in [4.78, 5) is 23.9. The minimum Gasteiger partial charge on any atom is -0.459 e. The van der Waals surface area contributed by atoms with Gasteiger partial charge in [0.2, 0.25) is 5.91 Å². The van der Waals surface area contributed by atoms with Crippen LogP contribution in [0.25, 0.3) is 0 Å². The van der Waals surface area contributed by atoms with Crippen LogP contribution in [-0.2, 0) is 4.79 Å². The van der Waals surface area contributed by atoms with Crippen LogP contribution in [0.1, 0.15) is 17.0 Å². The van der Waals surface area contributed by atoms with Gasteiger partial charge in [0.25, 0.3) is 5.91 Å². The number of amides is 2. The third-order valence-corrected chi connectivity index (χ3v) is 4.16.